The largest absolute Gasteiger partial charge is 0.376 e. The normalized spacial score (nSPS) is 13.5. The lowest BCUT2D eigenvalue weighted by atomic mass is 10.2. The number of rotatable bonds is 8. The SMILES string of the molecule is CCCCNC=NCCCP(C(C)(C)C)C(C)(C)C. The van der Waals surface area contributed by atoms with Crippen molar-refractivity contribution in [3.63, 3.8) is 0 Å². The van der Waals surface area contributed by atoms with Crippen molar-refractivity contribution in [2.45, 2.75) is 78.0 Å². The van der Waals surface area contributed by atoms with Crippen LogP contribution < -0.4 is 5.32 Å². The van der Waals surface area contributed by atoms with Crippen molar-refractivity contribution in [2.75, 3.05) is 19.3 Å². The van der Waals surface area contributed by atoms with E-state index < -0.39 is 0 Å². The van der Waals surface area contributed by atoms with E-state index in [9.17, 15) is 0 Å². The lowest BCUT2D eigenvalue weighted by Gasteiger charge is -2.41. The molecule has 0 aliphatic rings. The number of unbranched alkanes of at least 4 members (excludes halogenated alkanes) is 1. The van der Waals surface area contributed by atoms with Crippen molar-refractivity contribution >= 4 is 14.3 Å². The topological polar surface area (TPSA) is 24.4 Å². The maximum atomic E-state index is 4.45. The molecule has 19 heavy (non-hydrogen) atoms. The Balaban J connectivity index is 3.96. The summed E-state index contributed by atoms with van der Waals surface area (Å²) in [6.07, 6.45) is 6.90. The molecule has 2 nitrogen and oxygen atoms in total. The number of nitrogens with zero attached hydrogens (tertiary/aromatic N) is 1. The van der Waals surface area contributed by atoms with Crippen LogP contribution in [0.3, 0.4) is 0 Å². The first-order valence-corrected chi connectivity index (χ1v) is 9.21. The first-order valence-electron chi connectivity index (χ1n) is 7.69. The smallest absolute Gasteiger partial charge is 0.0823 e. The molecule has 114 valence electrons. The molecule has 0 amide bonds. The van der Waals surface area contributed by atoms with E-state index in [1.54, 1.807) is 0 Å². The van der Waals surface area contributed by atoms with Crippen molar-refractivity contribution in [1.29, 1.82) is 0 Å². The van der Waals surface area contributed by atoms with Gasteiger partial charge in [-0.1, -0.05) is 62.8 Å². The third-order valence-corrected chi connectivity index (χ3v) is 7.15. The van der Waals surface area contributed by atoms with Gasteiger partial charge < -0.3 is 5.32 Å². The van der Waals surface area contributed by atoms with Gasteiger partial charge in [0.05, 0.1) is 6.34 Å². The summed E-state index contributed by atoms with van der Waals surface area (Å²) in [6.45, 7) is 18.6. The fraction of sp³-hybridized carbons (Fsp3) is 0.938. The summed E-state index contributed by atoms with van der Waals surface area (Å²) in [7, 11) is 0.0327. The summed E-state index contributed by atoms with van der Waals surface area (Å²) < 4.78 is 0. The summed E-state index contributed by atoms with van der Waals surface area (Å²) in [4.78, 5) is 4.45. The van der Waals surface area contributed by atoms with Gasteiger partial charge >= 0.3 is 0 Å². The zero-order valence-corrected chi connectivity index (χ0v) is 15.1. The second-order valence-electron chi connectivity index (χ2n) is 7.19. The maximum absolute atomic E-state index is 4.45. The molecule has 0 unspecified atom stereocenters. The van der Waals surface area contributed by atoms with Crippen LogP contribution in [0, 0.1) is 0 Å². The van der Waals surface area contributed by atoms with Crippen LogP contribution in [-0.4, -0.2) is 35.9 Å². The van der Waals surface area contributed by atoms with Crippen LogP contribution >= 0.6 is 7.92 Å². The Labute approximate surface area is 122 Å². The van der Waals surface area contributed by atoms with Gasteiger partial charge in [-0.15, -0.1) is 0 Å². The van der Waals surface area contributed by atoms with E-state index in [2.05, 4.69) is 58.8 Å². The van der Waals surface area contributed by atoms with Crippen molar-refractivity contribution in [2.24, 2.45) is 4.99 Å². The molecule has 0 radical (unpaired) electrons. The Hall–Kier alpha value is -0.100. The Kier molecular flexibility index (Phi) is 8.90. The summed E-state index contributed by atoms with van der Waals surface area (Å²) in [5.41, 5.74) is 0. The van der Waals surface area contributed by atoms with Crippen LogP contribution in [-0.2, 0) is 0 Å². The Morgan fingerprint density at radius 1 is 1.00 bits per heavy atom. The van der Waals surface area contributed by atoms with Crippen LogP contribution in [0.2, 0.25) is 0 Å². The quantitative estimate of drug-likeness (QED) is 0.293. The van der Waals surface area contributed by atoms with Crippen LogP contribution in [0.5, 0.6) is 0 Å². The van der Waals surface area contributed by atoms with Crippen LogP contribution in [0.15, 0.2) is 4.99 Å². The minimum atomic E-state index is 0.0327. The summed E-state index contributed by atoms with van der Waals surface area (Å²) in [5, 5.41) is 4.13. The summed E-state index contributed by atoms with van der Waals surface area (Å²) >= 11 is 0. The van der Waals surface area contributed by atoms with Gasteiger partial charge in [-0.2, -0.15) is 0 Å². The number of nitrogens with one attached hydrogen (secondary N) is 1. The molecule has 0 fully saturated rings. The summed E-state index contributed by atoms with van der Waals surface area (Å²) in [6, 6.07) is 0. The fourth-order valence-corrected chi connectivity index (χ4v) is 6.28. The highest BCUT2D eigenvalue weighted by atomic mass is 31.1. The monoisotopic (exact) mass is 286 g/mol. The van der Waals surface area contributed by atoms with E-state index in [-0.39, 0.29) is 7.92 Å². The van der Waals surface area contributed by atoms with Crippen LogP contribution in [0.1, 0.15) is 67.7 Å². The number of aliphatic imine (C=N–C) groups is 1. The van der Waals surface area contributed by atoms with Gasteiger partial charge in [0.2, 0.25) is 0 Å². The van der Waals surface area contributed by atoms with E-state index in [1.807, 2.05) is 6.34 Å². The standard InChI is InChI=1S/C16H35N2P/c1-8-9-11-17-14-18-12-10-13-19(15(2,3)4)16(5,6)7/h14H,8-13H2,1-7H3,(H,17,18). The third-order valence-electron chi connectivity index (χ3n) is 3.15. The highest BCUT2D eigenvalue weighted by Gasteiger charge is 2.33. The van der Waals surface area contributed by atoms with Crippen molar-refractivity contribution in [1.82, 2.24) is 5.32 Å². The lowest BCUT2D eigenvalue weighted by molar-refractivity contribution is 0.698. The molecule has 3 heteroatoms. The second kappa shape index (κ2) is 8.95. The van der Waals surface area contributed by atoms with Gasteiger partial charge in [0.25, 0.3) is 0 Å². The zero-order chi connectivity index (χ0) is 14.9. The molecule has 0 heterocycles. The van der Waals surface area contributed by atoms with Crippen molar-refractivity contribution in [3.8, 4) is 0 Å². The lowest BCUT2D eigenvalue weighted by Crippen LogP contribution is -2.26. The molecule has 1 N–H and O–H groups in total. The van der Waals surface area contributed by atoms with Gasteiger partial charge in [-0.25, -0.2) is 0 Å². The molecule has 0 aliphatic carbocycles. The van der Waals surface area contributed by atoms with Gasteiger partial charge in [0, 0.05) is 13.1 Å². The van der Waals surface area contributed by atoms with Gasteiger partial charge in [0.15, 0.2) is 0 Å². The van der Waals surface area contributed by atoms with Gasteiger partial charge in [-0.3, -0.25) is 4.99 Å². The molecule has 0 aromatic heterocycles. The van der Waals surface area contributed by atoms with E-state index >= 15 is 0 Å². The average molecular weight is 286 g/mol. The van der Waals surface area contributed by atoms with E-state index in [0.717, 1.165) is 13.1 Å². The Bertz CT molecular complexity index is 234. The molecule has 0 aromatic rings. The minimum absolute atomic E-state index is 0.0327. The fourth-order valence-electron chi connectivity index (χ4n) is 2.47. The molecule has 0 saturated carbocycles. The van der Waals surface area contributed by atoms with Gasteiger partial charge in [0.1, 0.15) is 0 Å². The van der Waals surface area contributed by atoms with Crippen molar-refractivity contribution in [3.05, 3.63) is 0 Å². The highest BCUT2D eigenvalue weighted by Crippen LogP contribution is 2.59. The molecule has 0 rings (SSSR count). The molecular weight excluding hydrogens is 251 g/mol. The molecule has 0 atom stereocenters. The third kappa shape index (κ3) is 9.44. The van der Waals surface area contributed by atoms with E-state index in [0.29, 0.717) is 10.3 Å². The first kappa shape index (κ1) is 18.9. The number of hydrogen-bond donors (Lipinski definition) is 1. The first-order chi connectivity index (χ1) is 8.69. The molecular formula is C16H35N2P. The minimum Gasteiger partial charge on any atom is -0.376 e. The zero-order valence-electron chi connectivity index (χ0n) is 14.2. The highest BCUT2D eigenvalue weighted by molar-refractivity contribution is 7.60. The van der Waals surface area contributed by atoms with Gasteiger partial charge in [-0.05, 0) is 29.3 Å². The molecule has 0 saturated heterocycles. The van der Waals surface area contributed by atoms with E-state index in [4.69, 9.17) is 0 Å². The van der Waals surface area contributed by atoms with E-state index in [1.165, 1.54) is 25.4 Å². The van der Waals surface area contributed by atoms with Crippen LogP contribution in [0.25, 0.3) is 0 Å². The average Bonchev–Trinajstić information content (AvgIpc) is 2.23. The predicted molar refractivity (Wildman–Crippen MR) is 92.2 cm³/mol. The predicted octanol–water partition coefficient (Wildman–Crippen LogP) is 4.87. The van der Waals surface area contributed by atoms with Crippen LogP contribution in [0.4, 0.5) is 0 Å². The molecule has 0 aliphatic heterocycles. The Morgan fingerprint density at radius 3 is 2.05 bits per heavy atom. The number of hydrogen-bond acceptors (Lipinski definition) is 1. The second-order valence-corrected chi connectivity index (χ2v) is 11.2. The Morgan fingerprint density at radius 2 is 1.58 bits per heavy atom. The molecule has 0 aromatic carbocycles. The molecule has 0 spiro atoms. The van der Waals surface area contributed by atoms with Crippen molar-refractivity contribution < 1.29 is 0 Å². The summed E-state index contributed by atoms with van der Waals surface area (Å²) in [5.74, 6) is 0. The molecule has 0 bridgehead atoms. The maximum Gasteiger partial charge on any atom is 0.0823 e.